The van der Waals surface area contributed by atoms with E-state index < -0.39 is 0 Å². The highest BCUT2D eigenvalue weighted by atomic mass is 16.5. The Balaban J connectivity index is 1.35. The molecule has 0 saturated carbocycles. The third kappa shape index (κ3) is 3.27. The van der Waals surface area contributed by atoms with Crippen molar-refractivity contribution in [1.82, 2.24) is 29.7 Å². The molecule has 2 aliphatic heterocycles. The number of hydrogen-bond acceptors (Lipinski definition) is 7. The zero-order valence-electron chi connectivity index (χ0n) is 18.7. The van der Waals surface area contributed by atoms with Gasteiger partial charge in [-0.3, -0.25) is 9.48 Å². The number of aromatic nitrogens is 4. The van der Waals surface area contributed by atoms with E-state index >= 15 is 0 Å². The van der Waals surface area contributed by atoms with E-state index in [0.29, 0.717) is 31.1 Å². The van der Waals surface area contributed by atoms with Crippen LogP contribution < -0.4 is 0 Å². The lowest BCUT2D eigenvalue weighted by molar-refractivity contribution is -0.000271. The van der Waals surface area contributed by atoms with Gasteiger partial charge in [-0.2, -0.15) is 5.10 Å². The van der Waals surface area contributed by atoms with Gasteiger partial charge in [0.15, 0.2) is 11.6 Å². The molecule has 0 bridgehead atoms. The van der Waals surface area contributed by atoms with Gasteiger partial charge in [0, 0.05) is 42.9 Å². The molecule has 0 aliphatic carbocycles. The SMILES string of the molecule is Cc1cc(C)n(Cc2c(C(=O)N3CC4(CN(C)CC4c4ncc(C)o4)C3)noc2C)n1. The minimum Gasteiger partial charge on any atom is -0.446 e. The number of amides is 1. The van der Waals surface area contributed by atoms with Crippen LogP contribution >= 0.6 is 0 Å². The Labute approximate surface area is 181 Å². The van der Waals surface area contributed by atoms with Gasteiger partial charge in [-0.1, -0.05) is 5.16 Å². The van der Waals surface area contributed by atoms with E-state index in [0.717, 1.165) is 41.7 Å². The van der Waals surface area contributed by atoms with Crippen LogP contribution in [0.15, 0.2) is 21.2 Å². The maximum absolute atomic E-state index is 13.3. The summed E-state index contributed by atoms with van der Waals surface area (Å²) in [6, 6.07) is 2.02. The zero-order valence-corrected chi connectivity index (χ0v) is 18.7. The van der Waals surface area contributed by atoms with Gasteiger partial charge in [-0.05, 0) is 40.8 Å². The molecule has 9 nitrogen and oxygen atoms in total. The second kappa shape index (κ2) is 7.05. The second-order valence-electron chi connectivity index (χ2n) is 9.23. The molecular weight excluding hydrogens is 396 g/mol. The van der Waals surface area contributed by atoms with Crippen LogP contribution in [0.25, 0.3) is 0 Å². The quantitative estimate of drug-likeness (QED) is 0.634. The van der Waals surface area contributed by atoms with Crippen LogP contribution in [0.3, 0.4) is 0 Å². The maximum atomic E-state index is 13.3. The molecule has 9 heteroatoms. The first-order valence-electron chi connectivity index (χ1n) is 10.6. The summed E-state index contributed by atoms with van der Waals surface area (Å²) in [5.41, 5.74) is 3.13. The number of rotatable bonds is 4. The van der Waals surface area contributed by atoms with Gasteiger partial charge in [0.2, 0.25) is 0 Å². The number of oxazole rings is 1. The fourth-order valence-corrected chi connectivity index (χ4v) is 5.15. The zero-order chi connectivity index (χ0) is 21.9. The molecule has 2 aliphatic rings. The van der Waals surface area contributed by atoms with E-state index in [1.807, 2.05) is 43.3 Å². The Morgan fingerprint density at radius 3 is 2.65 bits per heavy atom. The lowest BCUT2D eigenvalue weighted by Crippen LogP contribution is -2.61. The summed E-state index contributed by atoms with van der Waals surface area (Å²) in [6.45, 7) is 11.3. The van der Waals surface area contributed by atoms with Gasteiger partial charge in [0.05, 0.1) is 24.4 Å². The topological polar surface area (TPSA) is 93.4 Å². The fourth-order valence-electron chi connectivity index (χ4n) is 5.15. The molecule has 2 saturated heterocycles. The summed E-state index contributed by atoms with van der Waals surface area (Å²) in [5, 5.41) is 8.63. The number of carbonyl (C=O) groups excluding carboxylic acids is 1. The Bertz CT molecular complexity index is 1140. The molecule has 0 N–H and O–H groups in total. The van der Waals surface area contributed by atoms with Crippen LogP contribution in [0.4, 0.5) is 0 Å². The largest absolute Gasteiger partial charge is 0.446 e. The number of carbonyl (C=O) groups is 1. The first-order valence-corrected chi connectivity index (χ1v) is 10.6. The molecule has 1 atom stereocenters. The Kier molecular flexibility index (Phi) is 4.55. The molecule has 0 aromatic carbocycles. The molecule has 5 heterocycles. The summed E-state index contributed by atoms with van der Waals surface area (Å²) in [7, 11) is 2.11. The van der Waals surface area contributed by atoms with Gasteiger partial charge in [-0.25, -0.2) is 4.98 Å². The average Bonchev–Trinajstić information content (AvgIpc) is 3.42. The molecule has 3 aromatic heterocycles. The molecule has 164 valence electrons. The van der Waals surface area contributed by atoms with Crippen molar-refractivity contribution in [1.29, 1.82) is 0 Å². The van der Waals surface area contributed by atoms with Crippen LogP contribution in [0.2, 0.25) is 0 Å². The van der Waals surface area contributed by atoms with Crippen molar-refractivity contribution in [3.63, 3.8) is 0 Å². The molecule has 2 fully saturated rings. The van der Waals surface area contributed by atoms with E-state index in [9.17, 15) is 4.79 Å². The summed E-state index contributed by atoms with van der Waals surface area (Å²) < 4.78 is 13.1. The molecule has 3 aromatic rings. The third-order valence-electron chi connectivity index (χ3n) is 6.65. The molecule has 0 radical (unpaired) electrons. The van der Waals surface area contributed by atoms with Crippen LogP contribution in [0.1, 0.15) is 50.8 Å². The fraction of sp³-hybridized carbons (Fsp3) is 0.545. The molecule has 5 rings (SSSR count). The van der Waals surface area contributed by atoms with Crippen LogP contribution in [-0.2, 0) is 6.54 Å². The van der Waals surface area contributed by atoms with Crippen molar-refractivity contribution in [2.45, 2.75) is 40.2 Å². The van der Waals surface area contributed by atoms with E-state index in [-0.39, 0.29) is 17.2 Å². The maximum Gasteiger partial charge on any atom is 0.276 e. The predicted octanol–water partition coefficient (Wildman–Crippen LogP) is 2.31. The smallest absolute Gasteiger partial charge is 0.276 e. The van der Waals surface area contributed by atoms with Gasteiger partial charge in [0.1, 0.15) is 11.5 Å². The normalized spacial score (nSPS) is 20.5. The molecule has 1 unspecified atom stereocenters. The third-order valence-corrected chi connectivity index (χ3v) is 6.65. The summed E-state index contributed by atoms with van der Waals surface area (Å²) in [6.07, 6.45) is 1.77. The van der Waals surface area contributed by atoms with Crippen molar-refractivity contribution in [2.24, 2.45) is 5.41 Å². The van der Waals surface area contributed by atoms with Crippen molar-refractivity contribution in [3.8, 4) is 0 Å². The first-order chi connectivity index (χ1) is 14.8. The molecular formula is C22H28N6O3. The highest BCUT2D eigenvalue weighted by molar-refractivity contribution is 5.94. The summed E-state index contributed by atoms with van der Waals surface area (Å²) in [5.74, 6) is 2.34. The van der Waals surface area contributed by atoms with E-state index in [4.69, 9.17) is 8.94 Å². The summed E-state index contributed by atoms with van der Waals surface area (Å²) >= 11 is 0. The molecule has 1 amide bonds. The Hall–Kier alpha value is -2.94. The Morgan fingerprint density at radius 1 is 1.23 bits per heavy atom. The highest BCUT2D eigenvalue weighted by Gasteiger charge is 2.57. The predicted molar refractivity (Wildman–Crippen MR) is 112 cm³/mol. The van der Waals surface area contributed by atoms with E-state index in [1.54, 1.807) is 6.20 Å². The van der Waals surface area contributed by atoms with Gasteiger partial charge in [-0.15, -0.1) is 0 Å². The lowest BCUT2D eigenvalue weighted by Gasteiger charge is -2.50. The van der Waals surface area contributed by atoms with Gasteiger partial charge >= 0.3 is 0 Å². The Morgan fingerprint density at radius 2 is 2.00 bits per heavy atom. The minimum atomic E-state index is -0.0871. The van der Waals surface area contributed by atoms with Crippen LogP contribution in [0.5, 0.6) is 0 Å². The number of aryl methyl sites for hydroxylation is 4. The van der Waals surface area contributed by atoms with Crippen molar-refractivity contribution < 1.29 is 13.7 Å². The highest BCUT2D eigenvalue weighted by Crippen LogP contribution is 2.48. The number of likely N-dealkylation sites (N-methyl/N-ethyl adjacent to an activating group) is 1. The number of likely N-dealkylation sites (tertiary alicyclic amines) is 2. The van der Waals surface area contributed by atoms with Crippen LogP contribution in [-0.4, -0.2) is 68.9 Å². The van der Waals surface area contributed by atoms with Crippen molar-refractivity contribution >= 4 is 5.91 Å². The standard InChI is InChI=1S/C22H28N6O3/c1-13-6-14(2)28(24-13)8-17-16(4)31-25-19(17)21(29)27-11-22(12-27)10-26(5)9-18(22)20-23-7-15(3)30-20/h6-7,18H,8-12H2,1-5H3. The lowest BCUT2D eigenvalue weighted by atomic mass is 9.71. The van der Waals surface area contributed by atoms with Gasteiger partial charge < -0.3 is 18.7 Å². The van der Waals surface area contributed by atoms with E-state index in [2.05, 4.69) is 27.2 Å². The minimum absolute atomic E-state index is 0.0314. The van der Waals surface area contributed by atoms with Crippen molar-refractivity contribution in [3.05, 3.63) is 52.3 Å². The molecule has 31 heavy (non-hydrogen) atoms. The average molecular weight is 425 g/mol. The summed E-state index contributed by atoms with van der Waals surface area (Å²) in [4.78, 5) is 22.0. The number of hydrogen-bond donors (Lipinski definition) is 0. The van der Waals surface area contributed by atoms with Crippen molar-refractivity contribution in [2.75, 3.05) is 33.2 Å². The monoisotopic (exact) mass is 424 g/mol. The molecule has 1 spiro atoms. The van der Waals surface area contributed by atoms with Gasteiger partial charge in [0.25, 0.3) is 5.91 Å². The number of nitrogens with zero attached hydrogens (tertiary/aromatic N) is 6. The second-order valence-corrected chi connectivity index (χ2v) is 9.23. The van der Waals surface area contributed by atoms with E-state index in [1.165, 1.54) is 0 Å². The first kappa shape index (κ1) is 20.0. The van der Waals surface area contributed by atoms with Crippen LogP contribution in [0, 0.1) is 33.1 Å².